The minimum atomic E-state index is -1.06. The summed E-state index contributed by atoms with van der Waals surface area (Å²) in [7, 11) is 0. The molecule has 1 heterocycles. The average molecular weight is 341 g/mol. The zero-order valence-corrected chi connectivity index (χ0v) is 14.1. The number of carboxylic acids is 2. The molecule has 0 radical (unpaired) electrons. The second-order valence-corrected chi connectivity index (χ2v) is 7.20. The van der Waals surface area contributed by atoms with Gasteiger partial charge in [-0.1, -0.05) is 19.9 Å². The van der Waals surface area contributed by atoms with Crippen molar-refractivity contribution in [1.29, 1.82) is 0 Å². The third kappa shape index (κ3) is 3.20. The van der Waals surface area contributed by atoms with Gasteiger partial charge in [0.15, 0.2) is 5.78 Å². The van der Waals surface area contributed by atoms with Crippen LogP contribution in [-0.2, 0) is 17.6 Å². The Hall–Kier alpha value is -2.89. The van der Waals surface area contributed by atoms with Gasteiger partial charge in [-0.05, 0) is 36.1 Å². The molecular formula is C19H19NO5. The van der Waals surface area contributed by atoms with Crippen molar-refractivity contribution in [2.24, 2.45) is 5.41 Å². The van der Waals surface area contributed by atoms with Crippen LogP contribution in [-0.4, -0.2) is 32.5 Å². The number of carbonyl (C=O) groups excluding carboxylic acids is 1. The van der Waals surface area contributed by atoms with Gasteiger partial charge >= 0.3 is 11.9 Å². The molecule has 0 amide bonds. The van der Waals surface area contributed by atoms with Gasteiger partial charge in [-0.2, -0.15) is 0 Å². The van der Waals surface area contributed by atoms with Gasteiger partial charge in [0.2, 0.25) is 0 Å². The van der Waals surface area contributed by atoms with E-state index in [1.807, 2.05) is 13.8 Å². The second-order valence-electron chi connectivity index (χ2n) is 7.20. The van der Waals surface area contributed by atoms with Crippen LogP contribution < -0.4 is 0 Å². The molecule has 0 saturated heterocycles. The van der Waals surface area contributed by atoms with Crippen molar-refractivity contribution >= 4 is 17.7 Å². The van der Waals surface area contributed by atoms with Crippen molar-refractivity contribution in [2.45, 2.75) is 33.1 Å². The molecule has 0 saturated carbocycles. The molecular weight excluding hydrogens is 322 g/mol. The maximum Gasteiger partial charge on any atom is 0.335 e. The Balaban J connectivity index is 2.24. The quantitative estimate of drug-likeness (QED) is 0.891. The molecule has 0 unspecified atom stereocenters. The number of benzene rings is 1. The van der Waals surface area contributed by atoms with Gasteiger partial charge in [0, 0.05) is 29.1 Å². The highest BCUT2D eigenvalue weighted by Gasteiger charge is 2.35. The Bertz CT molecular complexity index is 891. The maximum absolute atomic E-state index is 12.5. The van der Waals surface area contributed by atoms with E-state index in [4.69, 9.17) is 0 Å². The van der Waals surface area contributed by atoms with Crippen LogP contribution in [0.25, 0.3) is 5.69 Å². The molecule has 1 aliphatic rings. The number of ketones is 1. The molecule has 0 aliphatic heterocycles. The van der Waals surface area contributed by atoms with Crippen molar-refractivity contribution < 1.29 is 24.6 Å². The topological polar surface area (TPSA) is 96.6 Å². The largest absolute Gasteiger partial charge is 0.481 e. The highest BCUT2D eigenvalue weighted by Crippen LogP contribution is 2.37. The molecule has 0 atom stereocenters. The third-order valence-electron chi connectivity index (χ3n) is 4.45. The zero-order valence-electron chi connectivity index (χ0n) is 14.1. The molecule has 3 rings (SSSR count). The Kier molecular flexibility index (Phi) is 3.99. The number of hydrogen-bond acceptors (Lipinski definition) is 3. The summed E-state index contributed by atoms with van der Waals surface area (Å²) in [6, 6.07) is 7.96. The summed E-state index contributed by atoms with van der Waals surface area (Å²) in [5.41, 5.74) is 2.21. The van der Waals surface area contributed by atoms with E-state index < -0.39 is 11.9 Å². The fourth-order valence-corrected chi connectivity index (χ4v) is 3.45. The maximum atomic E-state index is 12.5. The minimum Gasteiger partial charge on any atom is -0.481 e. The fourth-order valence-electron chi connectivity index (χ4n) is 3.45. The summed E-state index contributed by atoms with van der Waals surface area (Å²) < 4.78 is 1.73. The summed E-state index contributed by atoms with van der Waals surface area (Å²) in [6.45, 7) is 3.99. The van der Waals surface area contributed by atoms with E-state index in [-0.39, 0.29) is 23.2 Å². The molecule has 2 N–H and O–H groups in total. The summed E-state index contributed by atoms with van der Waals surface area (Å²) in [6.07, 6.45) is 0.786. The van der Waals surface area contributed by atoms with Gasteiger partial charge in [-0.3, -0.25) is 9.59 Å². The van der Waals surface area contributed by atoms with E-state index >= 15 is 0 Å². The van der Waals surface area contributed by atoms with E-state index in [1.54, 1.807) is 22.8 Å². The normalized spacial score (nSPS) is 15.7. The third-order valence-corrected chi connectivity index (χ3v) is 4.45. The van der Waals surface area contributed by atoms with Crippen LogP contribution in [0.2, 0.25) is 0 Å². The fraction of sp³-hybridized carbons (Fsp3) is 0.316. The molecule has 0 spiro atoms. The summed E-state index contributed by atoms with van der Waals surface area (Å²) in [5, 5.41) is 18.4. The predicted octanol–water partition coefficient (Wildman–Crippen LogP) is 2.96. The minimum absolute atomic E-state index is 0.00831. The van der Waals surface area contributed by atoms with Crippen molar-refractivity contribution in [2.75, 3.05) is 0 Å². The molecule has 25 heavy (non-hydrogen) atoms. The van der Waals surface area contributed by atoms with Crippen LogP contribution in [0.15, 0.2) is 30.3 Å². The van der Waals surface area contributed by atoms with E-state index in [0.717, 1.165) is 5.69 Å². The van der Waals surface area contributed by atoms with E-state index in [9.17, 15) is 24.6 Å². The number of nitrogens with zero attached hydrogens (tertiary/aromatic N) is 1. The van der Waals surface area contributed by atoms with Crippen LogP contribution in [0.1, 0.15) is 52.4 Å². The van der Waals surface area contributed by atoms with E-state index in [0.29, 0.717) is 29.8 Å². The molecule has 0 fully saturated rings. The van der Waals surface area contributed by atoms with Gasteiger partial charge in [0.05, 0.1) is 12.0 Å². The van der Waals surface area contributed by atoms with Crippen LogP contribution in [0.3, 0.4) is 0 Å². The molecule has 2 aromatic rings. The number of carbonyl (C=O) groups is 3. The Morgan fingerprint density at radius 2 is 1.88 bits per heavy atom. The first-order valence-corrected chi connectivity index (χ1v) is 8.00. The van der Waals surface area contributed by atoms with Crippen molar-refractivity contribution in [3.63, 3.8) is 0 Å². The monoisotopic (exact) mass is 341 g/mol. The first-order chi connectivity index (χ1) is 11.7. The lowest BCUT2D eigenvalue weighted by Crippen LogP contribution is -2.28. The Morgan fingerprint density at radius 1 is 1.16 bits per heavy atom. The SMILES string of the molecule is CC1(C)CC(=O)c2cc(CC(=O)O)n(-c3cccc(C(=O)O)c3)c2C1. The molecule has 0 bridgehead atoms. The Labute approximate surface area is 144 Å². The molecule has 1 aromatic carbocycles. The van der Waals surface area contributed by atoms with Crippen molar-refractivity contribution in [3.05, 3.63) is 52.8 Å². The van der Waals surface area contributed by atoms with Gasteiger partial charge < -0.3 is 14.8 Å². The smallest absolute Gasteiger partial charge is 0.335 e. The van der Waals surface area contributed by atoms with Crippen LogP contribution in [0.4, 0.5) is 0 Å². The first-order valence-electron chi connectivity index (χ1n) is 8.00. The van der Waals surface area contributed by atoms with E-state index in [2.05, 4.69) is 0 Å². The number of Topliss-reactive ketones (excluding diaryl/α,β-unsaturated/α-hetero) is 1. The highest BCUT2D eigenvalue weighted by molar-refractivity contribution is 5.99. The number of aromatic carboxylic acids is 1. The van der Waals surface area contributed by atoms with Crippen molar-refractivity contribution in [1.82, 2.24) is 4.57 Å². The molecule has 130 valence electrons. The lowest BCUT2D eigenvalue weighted by Gasteiger charge is -2.30. The van der Waals surface area contributed by atoms with Crippen LogP contribution in [0.5, 0.6) is 0 Å². The standard InChI is InChI=1S/C19H19NO5/c1-19(2)9-15-14(16(21)10-19)7-13(8-17(22)23)20(15)12-5-3-4-11(6-12)18(24)25/h3-7H,8-10H2,1-2H3,(H,22,23)(H,24,25). The van der Waals surface area contributed by atoms with E-state index in [1.165, 1.54) is 12.1 Å². The predicted molar refractivity (Wildman–Crippen MR) is 90.5 cm³/mol. The van der Waals surface area contributed by atoms with Gasteiger partial charge in [0.25, 0.3) is 0 Å². The van der Waals surface area contributed by atoms with Crippen LogP contribution >= 0.6 is 0 Å². The van der Waals surface area contributed by atoms with Gasteiger partial charge in [-0.15, -0.1) is 0 Å². The molecule has 6 heteroatoms. The summed E-state index contributed by atoms with van der Waals surface area (Å²) in [5.74, 6) is -2.07. The second kappa shape index (κ2) is 5.88. The van der Waals surface area contributed by atoms with Gasteiger partial charge in [-0.25, -0.2) is 4.79 Å². The lowest BCUT2D eigenvalue weighted by molar-refractivity contribution is -0.136. The molecule has 1 aromatic heterocycles. The summed E-state index contributed by atoms with van der Waals surface area (Å²) >= 11 is 0. The van der Waals surface area contributed by atoms with Crippen LogP contribution in [0, 0.1) is 5.41 Å². The van der Waals surface area contributed by atoms with Crippen molar-refractivity contribution in [3.8, 4) is 5.69 Å². The number of fused-ring (bicyclic) bond motifs is 1. The molecule has 6 nitrogen and oxygen atoms in total. The average Bonchev–Trinajstić information content (AvgIpc) is 2.83. The highest BCUT2D eigenvalue weighted by atomic mass is 16.4. The first kappa shape index (κ1) is 17.0. The summed E-state index contributed by atoms with van der Waals surface area (Å²) in [4.78, 5) is 35.0. The lowest BCUT2D eigenvalue weighted by atomic mass is 9.76. The number of carboxylic acid groups (broad SMARTS) is 2. The molecule has 1 aliphatic carbocycles. The Morgan fingerprint density at radius 3 is 2.52 bits per heavy atom. The number of rotatable bonds is 4. The van der Waals surface area contributed by atoms with Gasteiger partial charge in [0.1, 0.15) is 0 Å². The number of aliphatic carboxylic acids is 1. The number of hydrogen-bond donors (Lipinski definition) is 2. The number of aromatic nitrogens is 1. The zero-order chi connectivity index (χ0) is 18.4.